The average molecular weight is 406 g/mol. The number of carboxylic acid groups (broad SMARTS) is 1. The number of allylic oxidation sites excluding steroid dienone is 2. The quantitative estimate of drug-likeness (QED) is 0.658. The lowest BCUT2D eigenvalue weighted by atomic mass is 9.76. The zero-order valence-electron chi connectivity index (χ0n) is 16.3. The number of ether oxygens (including phenoxy) is 2. The molecule has 1 aliphatic carbocycles. The van der Waals surface area contributed by atoms with Gasteiger partial charge in [0, 0.05) is 23.7 Å². The number of nitrogens with one attached hydrogen (secondary N) is 2. The van der Waals surface area contributed by atoms with Crippen LogP contribution in [-0.4, -0.2) is 30.3 Å². The van der Waals surface area contributed by atoms with E-state index < -0.39 is 5.97 Å². The molecule has 154 valence electrons. The third-order valence-corrected chi connectivity index (χ3v) is 6.01. The maximum Gasteiger partial charge on any atom is 0.305 e. The van der Waals surface area contributed by atoms with Gasteiger partial charge in [-0.2, -0.15) is 0 Å². The second kappa shape index (κ2) is 7.40. The molecule has 2 aliphatic heterocycles. The topological polar surface area (TPSA) is 96.9 Å². The van der Waals surface area contributed by atoms with Crippen molar-refractivity contribution < 1.29 is 24.2 Å². The standard InChI is InChI=1S/C23H22N2O5/c26-21(27)8-9-24-23(28)14-4-6-18-17(10-14)15-2-1-3-16(15)22(25-18)13-5-7-19-20(11-13)30-12-29-19/h1-2,4-7,10-11,15-16,22,25H,3,8-9,12H2,(H,24,28)(H,26,27)/t15-,16-,22+/m0/s1. The number of amides is 1. The Morgan fingerprint density at radius 1 is 1.13 bits per heavy atom. The van der Waals surface area contributed by atoms with E-state index in [-0.39, 0.29) is 37.6 Å². The van der Waals surface area contributed by atoms with Crippen molar-refractivity contribution in [2.75, 3.05) is 18.7 Å². The van der Waals surface area contributed by atoms with E-state index >= 15 is 0 Å². The third kappa shape index (κ3) is 3.26. The minimum absolute atomic E-state index is 0.0944. The number of hydrogen-bond donors (Lipinski definition) is 3. The Morgan fingerprint density at radius 2 is 2.00 bits per heavy atom. The Bertz CT molecular complexity index is 1050. The van der Waals surface area contributed by atoms with E-state index in [2.05, 4.69) is 28.9 Å². The lowest BCUT2D eigenvalue weighted by Crippen LogP contribution is -2.30. The van der Waals surface area contributed by atoms with Gasteiger partial charge in [0.05, 0.1) is 12.5 Å². The van der Waals surface area contributed by atoms with Gasteiger partial charge in [-0.1, -0.05) is 18.2 Å². The molecule has 0 saturated carbocycles. The molecule has 7 nitrogen and oxygen atoms in total. The first-order valence-corrected chi connectivity index (χ1v) is 10.1. The molecule has 30 heavy (non-hydrogen) atoms. The average Bonchev–Trinajstić information content (AvgIpc) is 3.41. The van der Waals surface area contributed by atoms with E-state index in [0.29, 0.717) is 11.5 Å². The van der Waals surface area contributed by atoms with Crippen LogP contribution in [0.4, 0.5) is 5.69 Å². The number of carbonyl (C=O) groups is 2. The van der Waals surface area contributed by atoms with E-state index in [1.165, 1.54) is 0 Å². The van der Waals surface area contributed by atoms with Crippen molar-refractivity contribution in [3.05, 3.63) is 65.2 Å². The van der Waals surface area contributed by atoms with Gasteiger partial charge in [0.2, 0.25) is 6.79 Å². The van der Waals surface area contributed by atoms with Gasteiger partial charge in [-0.15, -0.1) is 0 Å². The van der Waals surface area contributed by atoms with Crippen molar-refractivity contribution in [3.8, 4) is 11.5 Å². The minimum atomic E-state index is -0.932. The first-order valence-electron chi connectivity index (χ1n) is 10.1. The normalized spacial score (nSPS) is 22.7. The van der Waals surface area contributed by atoms with Gasteiger partial charge in [0.15, 0.2) is 11.5 Å². The largest absolute Gasteiger partial charge is 0.481 e. The van der Waals surface area contributed by atoms with Gasteiger partial charge in [0.25, 0.3) is 5.91 Å². The van der Waals surface area contributed by atoms with E-state index in [1.54, 1.807) is 6.07 Å². The Hall–Kier alpha value is -3.48. The number of benzene rings is 2. The molecule has 0 bridgehead atoms. The van der Waals surface area contributed by atoms with Crippen molar-refractivity contribution in [2.24, 2.45) is 5.92 Å². The molecule has 0 unspecified atom stereocenters. The predicted molar refractivity (Wildman–Crippen MR) is 110 cm³/mol. The molecule has 1 amide bonds. The van der Waals surface area contributed by atoms with Crippen LogP contribution in [0.1, 0.15) is 46.3 Å². The van der Waals surface area contributed by atoms with E-state index in [9.17, 15) is 9.59 Å². The number of rotatable bonds is 5. The second-order valence-electron chi connectivity index (χ2n) is 7.79. The predicted octanol–water partition coefficient (Wildman–Crippen LogP) is 3.45. The van der Waals surface area contributed by atoms with Crippen molar-refractivity contribution in [2.45, 2.75) is 24.8 Å². The van der Waals surface area contributed by atoms with Gasteiger partial charge >= 0.3 is 5.97 Å². The Morgan fingerprint density at radius 3 is 2.87 bits per heavy atom. The van der Waals surface area contributed by atoms with Crippen LogP contribution in [0.25, 0.3) is 0 Å². The van der Waals surface area contributed by atoms with Gasteiger partial charge < -0.3 is 25.2 Å². The highest BCUT2D eigenvalue weighted by molar-refractivity contribution is 5.95. The molecule has 2 aromatic carbocycles. The molecule has 3 N–H and O–H groups in total. The Balaban J connectivity index is 1.41. The molecule has 0 saturated heterocycles. The van der Waals surface area contributed by atoms with Crippen LogP contribution in [0.2, 0.25) is 0 Å². The van der Waals surface area contributed by atoms with Crippen LogP contribution in [0.15, 0.2) is 48.6 Å². The number of anilines is 1. The van der Waals surface area contributed by atoms with E-state index in [0.717, 1.165) is 34.7 Å². The number of hydrogen-bond acceptors (Lipinski definition) is 5. The molecule has 3 atom stereocenters. The molecule has 0 aromatic heterocycles. The summed E-state index contributed by atoms with van der Waals surface area (Å²) in [6.45, 7) is 0.367. The fourth-order valence-corrected chi connectivity index (χ4v) is 4.56. The summed E-state index contributed by atoms with van der Waals surface area (Å²) in [7, 11) is 0. The molecule has 0 radical (unpaired) electrons. The molecular weight excluding hydrogens is 384 g/mol. The second-order valence-corrected chi connectivity index (χ2v) is 7.79. The summed E-state index contributed by atoms with van der Waals surface area (Å²) in [5.74, 6) is 0.908. The molecule has 3 aliphatic rings. The van der Waals surface area contributed by atoms with Gasteiger partial charge in [0.1, 0.15) is 0 Å². The highest BCUT2D eigenvalue weighted by Gasteiger charge is 2.38. The SMILES string of the molecule is O=C(O)CCNC(=O)c1ccc2c(c1)[C@H]1C=CC[C@@H]1[C@@H](c1ccc3c(c1)OCO3)N2. The van der Waals surface area contributed by atoms with Crippen LogP contribution < -0.4 is 20.1 Å². The third-order valence-electron chi connectivity index (χ3n) is 6.01. The summed E-state index contributed by atoms with van der Waals surface area (Å²) in [5.41, 5.74) is 3.80. The smallest absolute Gasteiger partial charge is 0.305 e. The fourth-order valence-electron chi connectivity index (χ4n) is 4.56. The molecular formula is C23H22N2O5. The Labute approximate surface area is 173 Å². The van der Waals surface area contributed by atoms with E-state index in [1.807, 2.05) is 24.3 Å². The minimum Gasteiger partial charge on any atom is -0.481 e. The van der Waals surface area contributed by atoms with Gasteiger partial charge in [-0.3, -0.25) is 9.59 Å². The maximum atomic E-state index is 12.4. The number of carbonyl (C=O) groups excluding carboxylic acids is 1. The number of carboxylic acids is 1. The van der Waals surface area contributed by atoms with Crippen molar-refractivity contribution in [1.82, 2.24) is 5.32 Å². The summed E-state index contributed by atoms with van der Waals surface area (Å²) in [4.78, 5) is 23.1. The van der Waals surface area contributed by atoms with Crippen LogP contribution >= 0.6 is 0 Å². The maximum absolute atomic E-state index is 12.4. The summed E-state index contributed by atoms with van der Waals surface area (Å²) in [6.07, 6.45) is 5.27. The first-order chi connectivity index (χ1) is 14.6. The lowest BCUT2D eigenvalue weighted by Gasteiger charge is -2.37. The van der Waals surface area contributed by atoms with Crippen molar-refractivity contribution in [3.63, 3.8) is 0 Å². The summed E-state index contributed by atoms with van der Waals surface area (Å²) < 4.78 is 11.0. The van der Waals surface area contributed by atoms with Gasteiger partial charge in [-0.25, -0.2) is 0 Å². The lowest BCUT2D eigenvalue weighted by molar-refractivity contribution is -0.136. The summed E-state index contributed by atoms with van der Waals surface area (Å²) >= 11 is 0. The first kappa shape index (κ1) is 18.5. The van der Waals surface area contributed by atoms with Crippen LogP contribution in [0, 0.1) is 5.92 Å². The molecule has 2 heterocycles. The molecule has 0 fully saturated rings. The number of fused-ring (bicyclic) bond motifs is 4. The van der Waals surface area contributed by atoms with Crippen LogP contribution in [-0.2, 0) is 4.79 Å². The molecule has 2 aromatic rings. The zero-order valence-corrected chi connectivity index (χ0v) is 16.3. The monoisotopic (exact) mass is 406 g/mol. The highest BCUT2D eigenvalue weighted by atomic mass is 16.7. The van der Waals surface area contributed by atoms with E-state index in [4.69, 9.17) is 14.6 Å². The summed E-state index contributed by atoms with van der Waals surface area (Å²) in [5, 5.41) is 15.1. The van der Waals surface area contributed by atoms with Crippen LogP contribution in [0.3, 0.4) is 0 Å². The Kier molecular flexibility index (Phi) is 4.58. The number of aliphatic carboxylic acids is 1. The molecule has 5 rings (SSSR count). The summed E-state index contributed by atoms with van der Waals surface area (Å²) in [6, 6.07) is 11.8. The fraction of sp³-hybridized carbons (Fsp3) is 0.304. The van der Waals surface area contributed by atoms with Crippen LogP contribution in [0.5, 0.6) is 11.5 Å². The molecule has 0 spiro atoms. The van der Waals surface area contributed by atoms with Crippen molar-refractivity contribution >= 4 is 17.6 Å². The van der Waals surface area contributed by atoms with Crippen molar-refractivity contribution in [1.29, 1.82) is 0 Å². The van der Waals surface area contributed by atoms with Gasteiger partial charge in [-0.05, 0) is 53.8 Å². The highest BCUT2D eigenvalue weighted by Crippen LogP contribution is 2.50. The molecule has 7 heteroatoms. The zero-order chi connectivity index (χ0) is 20.7.